The second-order valence-corrected chi connectivity index (χ2v) is 4.75. The second kappa shape index (κ2) is 8.74. The number of carbonyl (C=O) groups is 1. The zero-order valence-corrected chi connectivity index (χ0v) is 13.9. The molecule has 0 spiro atoms. The molecular weight excluding hydrogens is 292 g/mol. The van der Waals surface area contributed by atoms with Crippen molar-refractivity contribution in [1.29, 1.82) is 0 Å². The van der Waals surface area contributed by atoms with Crippen LogP contribution in [-0.2, 0) is 0 Å². The van der Waals surface area contributed by atoms with Crippen LogP contribution in [0.25, 0.3) is 0 Å². The van der Waals surface area contributed by atoms with E-state index in [0.29, 0.717) is 23.6 Å². The molecule has 1 aromatic rings. The van der Waals surface area contributed by atoms with Gasteiger partial charge in [-0.3, -0.25) is 4.79 Å². The average Bonchev–Trinajstić information content (AvgIpc) is 2.51. The molecule has 0 heterocycles. The maximum Gasteiger partial charge on any atom is 0.252 e. The molecule has 0 aliphatic carbocycles. The number of methoxy groups -OCH3 is 2. The zero-order chi connectivity index (χ0) is 15.2. The summed E-state index contributed by atoms with van der Waals surface area (Å²) in [5.41, 5.74) is 5.94. The Bertz CT molecular complexity index is 432. The molecule has 5 nitrogen and oxygen atoms in total. The summed E-state index contributed by atoms with van der Waals surface area (Å²) in [7, 11) is 3.11. The number of nitrogens with one attached hydrogen (secondary N) is 1. The van der Waals surface area contributed by atoms with Gasteiger partial charge in [-0.2, -0.15) is 0 Å². The number of ether oxygens (including phenoxy) is 2. The van der Waals surface area contributed by atoms with E-state index < -0.39 is 0 Å². The third-order valence-corrected chi connectivity index (χ3v) is 3.74. The van der Waals surface area contributed by atoms with Crippen LogP contribution in [0.3, 0.4) is 0 Å². The topological polar surface area (TPSA) is 73.6 Å². The van der Waals surface area contributed by atoms with Crippen molar-refractivity contribution in [3.63, 3.8) is 0 Å². The van der Waals surface area contributed by atoms with E-state index in [2.05, 4.69) is 5.32 Å². The second-order valence-electron chi connectivity index (χ2n) is 4.75. The van der Waals surface area contributed by atoms with Gasteiger partial charge in [-0.05, 0) is 25.0 Å². The molecule has 0 unspecified atom stereocenters. The quantitative estimate of drug-likeness (QED) is 0.810. The molecule has 120 valence electrons. The fraction of sp³-hybridized carbons (Fsp3) is 0.533. The summed E-state index contributed by atoms with van der Waals surface area (Å²) in [6.45, 7) is 4.44. The molecule has 0 bridgehead atoms. The molecule has 0 atom stereocenters. The Hall–Kier alpha value is -1.46. The number of benzene rings is 1. The van der Waals surface area contributed by atoms with E-state index in [9.17, 15) is 4.79 Å². The first-order valence-electron chi connectivity index (χ1n) is 6.79. The van der Waals surface area contributed by atoms with Crippen molar-refractivity contribution < 1.29 is 14.3 Å². The van der Waals surface area contributed by atoms with Crippen LogP contribution in [0.4, 0.5) is 0 Å². The lowest BCUT2D eigenvalue weighted by molar-refractivity contribution is 0.0894. The van der Waals surface area contributed by atoms with Crippen LogP contribution in [0.5, 0.6) is 11.5 Å². The summed E-state index contributed by atoms with van der Waals surface area (Å²) in [4.78, 5) is 12.4. The minimum atomic E-state index is -0.368. The number of amides is 1. The molecule has 0 radical (unpaired) electrons. The van der Waals surface area contributed by atoms with Gasteiger partial charge in [-0.25, -0.2) is 0 Å². The summed E-state index contributed by atoms with van der Waals surface area (Å²) in [6, 6.07) is 5.10. The number of carbonyl (C=O) groups excluding carboxylic acids is 1. The molecule has 1 amide bonds. The Balaban J connectivity index is 0.00000400. The first kappa shape index (κ1) is 19.5. The Kier molecular flexibility index (Phi) is 8.14. The standard InChI is InChI=1S/C15H24N2O3.ClH/c1-5-15(6-2,10-16)17-14(18)11-7-12(19-3)9-13(8-11)20-4;/h7-9H,5-6,10,16H2,1-4H3,(H,17,18);1H. The largest absolute Gasteiger partial charge is 0.497 e. The summed E-state index contributed by atoms with van der Waals surface area (Å²) in [5.74, 6) is 0.998. The van der Waals surface area contributed by atoms with Gasteiger partial charge >= 0.3 is 0 Å². The highest BCUT2D eigenvalue weighted by atomic mass is 35.5. The smallest absolute Gasteiger partial charge is 0.252 e. The normalized spacial score (nSPS) is 10.5. The molecule has 0 aliphatic rings. The molecule has 6 heteroatoms. The van der Waals surface area contributed by atoms with Crippen molar-refractivity contribution in [2.75, 3.05) is 20.8 Å². The van der Waals surface area contributed by atoms with E-state index in [-0.39, 0.29) is 23.9 Å². The fourth-order valence-electron chi connectivity index (χ4n) is 2.02. The lowest BCUT2D eigenvalue weighted by Gasteiger charge is -2.31. The molecule has 1 rings (SSSR count). The minimum Gasteiger partial charge on any atom is -0.497 e. The molecular formula is C15H25ClN2O3. The molecule has 3 N–H and O–H groups in total. The minimum absolute atomic E-state index is 0. The predicted molar refractivity (Wildman–Crippen MR) is 86.6 cm³/mol. The third kappa shape index (κ3) is 4.79. The first-order chi connectivity index (χ1) is 9.53. The first-order valence-corrected chi connectivity index (χ1v) is 6.79. The average molecular weight is 317 g/mol. The van der Waals surface area contributed by atoms with Gasteiger partial charge < -0.3 is 20.5 Å². The van der Waals surface area contributed by atoms with Crippen LogP contribution in [-0.4, -0.2) is 32.2 Å². The SMILES string of the molecule is CCC(CC)(CN)NC(=O)c1cc(OC)cc(OC)c1.Cl. The summed E-state index contributed by atoms with van der Waals surface area (Å²) >= 11 is 0. The Morgan fingerprint density at radius 2 is 1.62 bits per heavy atom. The number of hydrogen-bond acceptors (Lipinski definition) is 4. The van der Waals surface area contributed by atoms with Gasteiger partial charge in [-0.1, -0.05) is 13.8 Å². The summed E-state index contributed by atoms with van der Waals surface area (Å²) in [6.07, 6.45) is 1.57. The Labute approximate surface area is 132 Å². The molecule has 0 aliphatic heterocycles. The highest BCUT2D eigenvalue weighted by Gasteiger charge is 2.27. The van der Waals surface area contributed by atoms with Gasteiger partial charge in [0.1, 0.15) is 11.5 Å². The van der Waals surface area contributed by atoms with Gasteiger partial charge in [0.05, 0.1) is 19.8 Å². The van der Waals surface area contributed by atoms with Gasteiger partial charge in [0, 0.05) is 18.2 Å². The highest BCUT2D eigenvalue weighted by Crippen LogP contribution is 2.23. The fourth-order valence-corrected chi connectivity index (χ4v) is 2.02. The highest BCUT2D eigenvalue weighted by molar-refractivity contribution is 5.95. The molecule has 21 heavy (non-hydrogen) atoms. The monoisotopic (exact) mass is 316 g/mol. The van der Waals surface area contributed by atoms with Gasteiger partial charge in [0.2, 0.25) is 0 Å². The number of rotatable bonds is 7. The lowest BCUT2D eigenvalue weighted by Crippen LogP contribution is -2.52. The van der Waals surface area contributed by atoms with Crippen LogP contribution < -0.4 is 20.5 Å². The number of hydrogen-bond donors (Lipinski definition) is 2. The third-order valence-electron chi connectivity index (χ3n) is 3.74. The molecule has 0 aromatic heterocycles. The molecule has 0 saturated carbocycles. The maximum absolute atomic E-state index is 12.4. The number of nitrogens with two attached hydrogens (primary N) is 1. The van der Waals surface area contributed by atoms with E-state index in [1.54, 1.807) is 32.4 Å². The van der Waals surface area contributed by atoms with Crippen LogP contribution in [0.1, 0.15) is 37.0 Å². The van der Waals surface area contributed by atoms with E-state index in [4.69, 9.17) is 15.2 Å². The Morgan fingerprint density at radius 1 is 1.14 bits per heavy atom. The summed E-state index contributed by atoms with van der Waals surface area (Å²) in [5, 5.41) is 3.02. The summed E-state index contributed by atoms with van der Waals surface area (Å²) < 4.78 is 10.3. The van der Waals surface area contributed by atoms with Crippen LogP contribution in [0, 0.1) is 0 Å². The maximum atomic E-state index is 12.4. The number of halogens is 1. The lowest BCUT2D eigenvalue weighted by atomic mass is 9.92. The van der Waals surface area contributed by atoms with Gasteiger partial charge in [0.15, 0.2) is 0 Å². The van der Waals surface area contributed by atoms with Crippen LogP contribution >= 0.6 is 12.4 Å². The van der Waals surface area contributed by atoms with Crippen LogP contribution in [0.15, 0.2) is 18.2 Å². The van der Waals surface area contributed by atoms with Crippen molar-refractivity contribution in [3.05, 3.63) is 23.8 Å². The predicted octanol–water partition coefficient (Wildman–Crippen LogP) is 2.37. The van der Waals surface area contributed by atoms with Crippen molar-refractivity contribution in [2.24, 2.45) is 5.73 Å². The molecule has 0 fully saturated rings. The van der Waals surface area contributed by atoms with Crippen LogP contribution in [0.2, 0.25) is 0 Å². The molecule has 0 saturated heterocycles. The Morgan fingerprint density at radius 3 is 1.95 bits per heavy atom. The van der Waals surface area contributed by atoms with E-state index >= 15 is 0 Å². The van der Waals surface area contributed by atoms with Crippen molar-refractivity contribution >= 4 is 18.3 Å². The van der Waals surface area contributed by atoms with Gasteiger partial charge in [-0.15, -0.1) is 12.4 Å². The van der Waals surface area contributed by atoms with Crippen molar-refractivity contribution in [3.8, 4) is 11.5 Å². The van der Waals surface area contributed by atoms with Crippen molar-refractivity contribution in [2.45, 2.75) is 32.2 Å². The van der Waals surface area contributed by atoms with Gasteiger partial charge in [0.25, 0.3) is 5.91 Å². The van der Waals surface area contributed by atoms with E-state index in [0.717, 1.165) is 12.8 Å². The molecule has 1 aromatic carbocycles. The van der Waals surface area contributed by atoms with E-state index in [1.807, 2.05) is 13.8 Å². The van der Waals surface area contributed by atoms with E-state index in [1.165, 1.54) is 0 Å². The van der Waals surface area contributed by atoms with Crippen molar-refractivity contribution in [1.82, 2.24) is 5.32 Å². The zero-order valence-electron chi connectivity index (χ0n) is 13.1.